The van der Waals surface area contributed by atoms with E-state index in [1.165, 1.54) is 4.68 Å². The standard InChI is InChI=1S/C12H12F3N5/c13-12(14,15)10-17-11-16-7-19(8-20(11)18-10)6-9-4-2-1-3-5-9/h1-5H,6-8H2,(H,16,17,18). The van der Waals surface area contributed by atoms with Crippen molar-refractivity contribution in [1.82, 2.24) is 19.7 Å². The molecule has 0 aliphatic carbocycles. The summed E-state index contributed by atoms with van der Waals surface area (Å²) in [5, 5.41) is 6.33. The normalized spacial score (nSPS) is 15.8. The molecule has 0 saturated carbocycles. The Balaban J connectivity index is 1.74. The zero-order valence-electron chi connectivity index (χ0n) is 10.4. The number of benzene rings is 1. The van der Waals surface area contributed by atoms with E-state index >= 15 is 0 Å². The molecule has 0 bridgehead atoms. The number of alkyl halides is 3. The van der Waals surface area contributed by atoms with E-state index < -0.39 is 12.0 Å². The first-order valence-electron chi connectivity index (χ1n) is 6.04. The molecule has 0 amide bonds. The van der Waals surface area contributed by atoms with E-state index in [0.717, 1.165) is 5.56 Å². The van der Waals surface area contributed by atoms with Crippen LogP contribution < -0.4 is 5.32 Å². The van der Waals surface area contributed by atoms with E-state index in [1.807, 2.05) is 35.2 Å². The predicted molar refractivity (Wildman–Crippen MR) is 65.5 cm³/mol. The van der Waals surface area contributed by atoms with Gasteiger partial charge < -0.3 is 5.32 Å². The highest BCUT2D eigenvalue weighted by Crippen LogP contribution is 2.28. The van der Waals surface area contributed by atoms with E-state index in [9.17, 15) is 13.2 Å². The molecule has 1 aromatic heterocycles. The lowest BCUT2D eigenvalue weighted by Gasteiger charge is -2.27. The Kier molecular flexibility index (Phi) is 3.09. The molecule has 1 aromatic carbocycles. The van der Waals surface area contributed by atoms with Gasteiger partial charge in [-0.25, -0.2) is 4.68 Å². The van der Waals surface area contributed by atoms with E-state index in [4.69, 9.17) is 0 Å². The van der Waals surface area contributed by atoms with Gasteiger partial charge in [-0.15, -0.1) is 5.10 Å². The lowest BCUT2D eigenvalue weighted by molar-refractivity contribution is -0.145. The first-order chi connectivity index (χ1) is 9.52. The second kappa shape index (κ2) is 4.78. The van der Waals surface area contributed by atoms with Gasteiger partial charge >= 0.3 is 6.18 Å². The Morgan fingerprint density at radius 2 is 1.95 bits per heavy atom. The lowest BCUT2D eigenvalue weighted by atomic mass is 10.2. The largest absolute Gasteiger partial charge is 0.453 e. The molecule has 0 spiro atoms. The molecule has 0 unspecified atom stereocenters. The first-order valence-corrected chi connectivity index (χ1v) is 6.04. The van der Waals surface area contributed by atoms with E-state index in [2.05, 4.69) is 15.4 Å². The third-order valence-corrected chi connectivity index (χ3v) is 2.97. The first kappa shape index (κ1) is 12.9. The molecule has 1 aliphatic rings. The average Bonchev–Trinajstić information content (AvgIpc) is 2.83. The van der Waals surface area contributed by atoms with Crippen molar-refractivity contribution in [3.05, 3.63) is 41.7 Å². The molecule has 3 rings (SSSR count). The highest BCUT2D eigenvalue weighted by molar-refractivity contribution is 5.27. The number of nitrogens with zero attached hydrogens (tertiary/aromatic N) is 4. The summed E-state index contributed by atoms with van der Waals surface area (Å²) in [5.41, 5.74) is 1.09. The van der Waals surface area contributed by atoms with Gasteiger partial charge in [-0.05, 0) is 5.56 Å². The van der Waals surface area contributed by atoms with E-state index in [1.54, 1.807) is 0 Å². The maximum absolute atomic E-state index is 12.5. The van der Waals surface area contributed by atoms with Crippen LogP contribution in [0.25, 0.3) is 0 Å². The summed E-state index contributed by atoms with van der Waals surface area (Å²) >= 11 is 0. The number of rotatable bonds is 2. The number of hydrogen-bond acceptors (Lipinski definition) is 4. The third kappa shape index (κ3) is 2.60. The van der Waals surface area contributed by atoms with Crippen LogP contribution in [0.3, 0.4) is 0 Å². The van der Waals surface area contributed by atoms with Gasteiger partial charge in [0.2, 0.25) is 5.95 Å². The fourth-order valence-electron chi connectivity index (χ4n) is 2.06. The molecule has 2 heterocycles. The number of aromatic nitrogens is 3. The van der Waals surface area contributed by atoms with Crippen LogP contribution in [0.5, 0.6) is 0 Å². The number of halogens is 3. The topological polar surface area (TPSA) is 46.0 Å². The number of anilines is 1. The van der Waals surface area contributed by atoms with Gasteiger partial charge in [0.25, 0.3) is 5.82 Å². The van der Waals surface area contributed by atoms with Crippen LogP contribution in [-0.4, -0.2) is 26.3 Å². The minimum atomic E-state index is -4.52. The number of hydrogen-bond donors (Lipinski definition) is 1. The Morgan fingerprint density at radius 1 is 1.20 bits per heavy atom. The summed E-state index contributed by atoms with van der Waals surface area (Å²) in [6.07, 6.45) is -4.52. The van der Waals surface area contributed by atoms with Crippen LogP contribution in [0.1, 0.15) is 11.4 Å². The molecule has 1 aliphatic heterocycles. The van der Waals surface area contributed by atoms with Gasteiger partial charge in [-0.2, -0.15) is 18.2 Å². The minimum Gasteiger partial charge on any atom is -0.342 e. The molecule has 0 radical (unpaired) electrons. The summed E-state index contributed by atoms with van der Waals surface area (Å²) in [7, 11) is 0. The molecule has 8 heteroatoms. The molecule has 1 N–H and O–H groups in total. The van der Waals surface area contributed by atoms with Crippen molar-refractivity contribution in [3.63, 3.8) is 0 Å². The Morgan fingerprint density at radius 3 is 2.65 bits per heavy atom. The molecule has 2 aromatic rings. The summed E-state index contributed by atoms with van der Waals surface area (Å²) in [4.78, 5) is 5.39. The zero-order valence-corrected chi connectivity index (χ0v) is 10.4. The van der Waals surface area contributed by atoms with Crippen LogP contribution in [0.2, 0.25) is 0 Å². The number of nitrogens with one attached hydrogen (secondary N) is 1. The highest BCUT2D eigenvalue weighted by atomic mass is 19.4. The van der Waals surface area contributed by atoms with Gasteiger partial charge in [-0.1, -0.05) is 30.3 Å². The van der Waals surface area contributed by atoms with Crippen molar-refractivity contribution < 1.29 is 13.2 Å². The molecular formula is C12H12F3N5. The monoisotopic (exact) mass is 283 g/mol. The van der Waals surface area contributed by atoms with Crippen LogP contribution in [0.4, 0.5) is 19.1 Å². The van der Waals surface area contributed by atoms with Crippen LogP contribution >= 0.6 is 0 Å². The fourth-order valence-corrected chi connectivity index (χ4v) is 2.06. The fraction of sp³-hybridized carbons (Fsp3) is 0.333. The van der Waals surface area contributed by atoms with Crippen LogP contribution in [0, 0.1) is 0 Å². The van der Waals surface area contributed by atoms with Crippen molar-refractivity contribution in [2.45, 2.75) is 19.4 Å². The zero-order chi connectivity index (χ0) is 14.2. The molecule has 0 atom stereocenters. The minimum absolute atomic E-state index is 0.154. The summed E-state index contributed by atoms with van der Waals surface area (Å²) < 4.78 is 38.8. The van der Waals surface area contributed by atoms with Crippen LogP contribution in [-0.2, 0) is 19.4 Å². The third-order valence-electron chi connectivity index (χ3n) is 2.97. The van der Waals surface area contributed by atoms with Crippen molar-refractivity contribution >= 4 is 5.95 Å². The van der Waals surface area contributed by atoms with Crippen LogP contribution in [0.15, 0.2) is 30.3 Å². The molecule has 5 nitrogen and oxygen atoms in total. The van der Waals surface area contributed by atoms with E-state index in [0.29, 0.717) is 13.2 Å². The van der Waals surface area contributed by atoms with Gasteiger partial charge in [0.1, 0.15) is 0 Å². The number of fused-ring (bicyclic) bond motifs is 1. The Bertz CT molecular complexity index is 593. The predicted octanol–water partition coefficient (Wildman–Crippen LogP) is 2.14. The highest BCUT2D eigenvalue weighted by Gasteiger charge is 2.37. The van der Waals surface area contributed by atoms with Crippen molar-refractivity contribution in [2.75, 3.05) is 12.0 Å². The Labute approximate surface area is 113 Å². The molecule has 106 valence electrons. The van der Waals surface area contributed by atoms with Crippen molar-refractivity contribution in [1.29, 1.82) is 0 Å². The summed E-state index contributed by atoms with van der Waals surface area (Å²) in [6.45, 7) is 1.35. The van der Waals surface area contributed by atoms with Gasteiger partial charge in [0, 0.05) is 6.54 Å². The average molecular weight is 283 g/mol. The van der Waals surface area contributed by atoms with Gasteiger partial charge in [0.05, 0.1) is 13.3 Å². The van der Waals surface area contributed by atoms with Crippen molar-refractivity contribution in [2.24, 2.45) is 0 Å². The van der Waals surface area contributed by atoms with E-state index in [-0.39, 0.29) is 12.6 Å². The molecule has 0 saturated heterocycles. The lowest BCUT2D eigenvalue weighted by Crippen LogP contribution is -2.37. The molecular weight excluding hydrogens is 271 g/mol. The SMILES string of the molecule is FC(F)(F)c1nc2n(n1)CN(Cc1ccccc1)CN2. The second-order valence-electron chi connectivity index (χ2n) is 4.55. The summed E-state index contributed by atoms with van der Waals surface area (Å²) in [6, 6.07) is 9.71. The maximum Gasteiger partial charge on any atom is 0.453 e. The quantitative estimate of drug-likeness (QED) is 0.917. The molecule has 20 heavy (non-hydrogen) atoms. The van der Waals surface area contributed by atoms with Crippen molar-refractivity contribution in [3.8, 4) is 0 Å². The Hall–Kier alpha value is -2.09. The van der Waals surface area contributed by atoms with Gasteiger partial charge in [-0.3, -0.25) is 4.90 Å². The maximum atomic E-state index is 12.5. The second-order valence-corrected chi connectivity index (χ2v) is 4.55. The molecule has 0 fully saturated rings. The smallest absolute Gasteiger partial charge is 0.342 e. The summed E-state index contributed by atoms with van der Waals surface area (Å²) in [5.74, 6) is -0.955. The van der Waals surface area contributed by atoms with Gasteiger partial charge in [0.15, 0.2) is 0 Å².